The molecule has 0 amide bonds. The number of carbonyl (C=O) groups excluding carboxylic acids is 4. The van der Waals surface area contributed by atoms with Crippen LogP contribution in [0.5, 0.6) is 0 Å². The lowest BCUT2D eigenvalue weighted by atomic mass is 10.0. The summed E-state index contributed by atoms with van der Waals surface area (Å²) >= 11 is 0. The Morgan fingerprint density at radius 3 is 0.961 bits per heavy atom. The Morgan fingerprint density at radius 1 is 0.359 bits per heavy atom. The van der Waals surface area contributed by atoms with Crippen LogP contribution in [-0.2, 0) is 44.7 Å². The van der Waals surface area contributed by atoms with Gasteiger partial charge in [-0.05, 0) is 56.7 Å². The van der Waals surface area contributed by atoms with Gasteiger partial charge in [0.15, 0.2) is 29.8 Å². The maximum Gasteiger partial charge on any atom is 0.349 e. The van der Waals surface area contributed by atoms with Crippen molar-refractivity contribution in [1.82, 2.24) is 19.5 Å². The Balaban J connectivity index is 1.92. The van der Waals surface area contributed by atoms with E-state index in [-0.39, 0.29) is 43.7 Å². The Labute approximate surface area is 628 Å². The Kier molecular flexibility index (Phi) is 58.0. The molecule has 14 nitrogen and oxygen atoms in total. The number of esters is 4. The molecular weight excluding hydrogens is 1280 g/mol. The van der Waals surface area contributed by atoms with E-state index in [0.29, 0.717) is 36.7 Å². The van der Waals surface area contributed by atoms with E-state index in [9.17, 15) is 28.8 Å². The molecule has 0 unspecified atom stereocenters. The van der Waals surface area contributed by atoms with Crippen molar-refractivity contribution in [2.45, 2.75) is 477 Å². The predicted octanol–water partition coefficient (Wildman–Crippen LogP) is 25.5. The number of aromatic amines is 1. The van der Waals surface area contributed by atoms with Gasteiger partial charge in [0.25, 0.3) is 5.56 Å². The van der Waals surface area contributed by atoms with Crippen LogP contribution in [0.1, 0.15) is 450 Å². The second-order valence-corrected chi connectivity index (χ2v) is 31.1. The van der Waals surface area contributed by atoms with Crippen molar-refractivity contribution in [2.75, 3.05) is 6.61 Å². The molecule has 2 aliphatic heterocycles. The fourth-order valence-corrected chi connectivity index (χ4v) is 14.8. The van der Waals surface area contributed by atoms with Crippen LogP contribution < -0.4 is 11.2 Å². The normalized spacial score (nSPS) is 12.5. The van der Waals surface area contributed by atoms with Crippen molar-refractivity contribution in [3.05, 3.63) is 44.1 Å². The van der Waals surface area contributed by atoms with Gasteiger partial charge in [-0.25, -0.2) is 9.78 Å². The van der Waals surface area contributed by atoms with E-state index in [1.807, 2.05) is 19.9 Å². The first-order chi connectivity index (χ1) is 50.4. The molecule has 3 rings (SSSR count). The van der Waals surface area contributed by atoms with Gasteiger partial charge < -0.3 is 23.5 Å². The highest BCUT2D eigenvalue weighted by Gasteiger charge is 2.41. The van der Waals surface area contributed by atoms with Gasteiger partial charge in [0.1, 0.15) is 6.61 Å². The van der Waals surface area contributed by atoms with E-state index in [2.05, 4.69) is 37.7 Å². The molecule has 0 fully saturated rings. The van der Waals surface area contributed by atoms with E-state index < -0.39 is 60.0 Å². The van der Waals surface area contributed by atoms with Crippen molar-refractivity contribution in [3.63, 3.8) is 0 Å². The van der Waals surface area contributed by atoms with Crippen LogP contribution in [0.2, 0.25) is 0 Å². The molecule has 1 aromatic carbocycles. The molecule has 14 heteroatoms. The topological polar surface area (TPSA) is 186 Å². The SMILES string of the molecule is CCCCCCCCCCCCCCCCCC(=O)OC[C@@H](OC(=O)CCCCCCCCCCCCCCCCC)[C@@H](OC(=O)CCCCCCCCCCCCCCCCC)[C@H](Cn1c2nc(=O)[nH]c(=O)c-2nc2ccc(C)c(C)c21)OC(=O)CCCCCCCCCCCCCCCCC. The molecule has 2 aliphatic rings. The Morgan fingerprint density at radius 2 is 0.641 bits per heavy atom. The van der Waals surface area contributed by atoms with E-state index in [1.165, 1.54) is 270 Å². The molecule has 0 saturated carbocycles. The maximum absolute atomic E-state index is 14.7. The lowest BCUT2D eigenvalue weighted by molar-refractivity contribution is -0.193. The minimum Gasteiger partial charge on any atom is -0.462 e. The Hall–Kier alpha value is -4.62. The number of H-pyrrole nitrogens is 1. The summed E-state index contributed by atoms with van der Waals surface area (Å²) < 4.78 is 27.5. The Bertz CT molecular complexity index is 2650. The number of rotatable bonds is 73. The molecule has 0 bridgehead atoms. The number of carbonyl (C=O) groups is 4. The minimum atomic E-state index is -1.48. The number of benzene rings is 1. The second-order valence-electron chi connectivity index (χ2n) is 31.1. The minimum absolute atomic E-state index is 0.0436. The quantitative estimate of drug-likeness (QED) is 0.0244. The molecule has 592 valence electrons. The third kappa shape index (κ3) is 46.9. The summed E-state index contributed by atoms with van der Waals surface area (Å²) in [5, 5.41) is 0. The molecule has 103 heavy (non-hydrogen) atoms. The number of unbranched alkanes of at least 4 members (excludes halogenated alkanes) is 56. The molecular formula is C89H156N4O10. The van der Waals surface area contributed by atoms with Gasteiger partial charge in [-0.2, -0.15) is 4.98 Å². The molecule has 0 aromatic heterocycles. The van der Waals surface area contributed by atoms with Crippen LogP contribution in [0.4, 0.5) is 0 Å². The van der Waals surface area contributed by atoms with Crippen LogP contribution in [0.25, 0.3) is 22.6 Å². The van der Waals surface area contributed by atoms with E-state index >= 15 is 0 Å². The van der Waals surface area contributed by atoms with E-state index in [0.717, 1.165) is 101 Å². The highest BCUT2D eigenvalue weighted by Crippen LogP contribution is 2.30. The van der Waals surface area contributed by atoms with Gasteiger partial charge in [-0.15, -0.1) is 0 Å². The molecule has 0 spiro atoms. The van der Waals surface area contributed by atoms with Crippen LogP contribution >= 0.6 is 0 Å². The van der Waals surface area contributed by atoms with E-state index in [4.69, 9.17) is 23.9 Å². The number of aryl methyl sites for hydroxylation is 2. The number of hydrogen-bond acceptors (Lipinski definition) is 12. The molecule has 0 aliphatic carbocycles. The van der Waals surface area contributed by atoms with Crippen LogP contribution in [-0.4, -0.2) is 68.3 Å². The fraction of sp³-hybridized carbons (Fsp3) is 0.843. The van der Waals surface area contributed by atoms with Gasteiger partial charge in [0.2, 0.25) is 0 Å². The molecule has 0 saturated heterocycles. The summed E-state index contributed by atoms with van der Waals surface area (Å²) in [7, 11) is 0. The zero-order valence-corrected chi connectivity index (χ0v) is 67.5. The number of nitrogens with one attached hydrogen (secondary N) is 1. The lowest BCUT2D eigenvalue weighted by Gasteiger charge is -2.33. The van der Waals surface area contributed by atoms with Crippen LogP contribution in [0.3, 0.4) is 0 Å². The third-order valence-electron chi connectivity index (χ3n) is 21.6. The zero-order valence-electron chi connectivity index (χ0n) is 67.5. The van der Waals surface area contributed by atoms with Crippen molar-refractivity contribution >= 4 is 34.9 Å². The molecule has 1 aromatic rings. The number of hydrogen-bond donors (Lipinski definition) is 1. The summed E-state index contributed by atoms with van der Waals surface area (Å²) in [5.74, 6) is -2.14. The van der Waals surface area contributed by atoms with Crippen molar-refractivity contribution in [3.8, 4) is 11.5 Å². The zero-order chi connectivity index (χ0) is 74.3. The largest absolute Gasteiger partial charge is 0.462 e. The summed E-state index contributed by atoms with van der Waals surface area (Å²) in [5.41, 5.74) is 0.943. The van der Waals surface area contributed by atoms with Crippen LogP contribution in [0, 0.1) is 13.8 Å². The highest BCUT2D eigenvalue weighted by molar-refractivity contribution is 5.83. The summed E-state index contributed by atoms with van der Waals surface area (Å²) in [4.78, 5) is 96.1. The van der Waals surface area contributed by atoms with Crippen molar-refractivity contribution < 1.29 is 38.1 Å². The standard InChI is InChI=1S/C89H156N4O10/c1-7-11-15-19-23-27-31-35-39-43-47-51-55-59-63-67-80(94)100-74-79(102-82(96)69-65-61-57-53-49-45-41-37-33-29-25-21-17-13-9-3)86(103-83(97)70-66-62-58-54-50-46-42-38-34-30-26-22-18-14-10-4)78(101-81(95)68-64-60-56-52-48-44-40-36-32-28-24-20-16-12-8-2)73-93-85-76(6)75(5)71-72-77(85)90-84-87(93)91-89(99)92-88(84)98/h71-72,78-79,86H,7-70,73-74H2,1-6H3,(H,92,98,99)/t78-,79+,86-/m0/s1. The molecule has 0 radical (unpaired) electrons. The smallest absolute Gasteiger partial charge is 0.349 e. The second kappa shape index (κ2) is 64.5. The van der Waals surface area contributed by atoms with Crippen molar-refractivity contribution in [1.29, 1.82) is 0 Å². The van der Waals surface area contributed by atoms with Gasteiger partial charge in [0.05, 0.1) is 17.6 Å². The number of fused-ring (bicyclic) bond motifs is 2. The fourth-order valence-electron chi connectivity index (χ4n) is 14.8. The lowest BCUT2D eigenvalue weighted by Crippen LogP contribution is -2.50. The summed E-state index contributed by atoms with van der Waals surface area (Å²) in [6, 6.07) is 3.70. The first-order valence-electron chi connectivity index (χ1n) is 44.1. The van der Waals surface area contributed by atoms with Gasteiger partial charge in [-0.3, -0.25) is 29.0 Å². The van der Waals surface area contributed by atoms with Crippen molar-refractivity contribution in [2.24, 2.45) is 0 Å². The van der Waals surface area contributed by atoms with Gasteiger partial charge in [0, 0.05) is 25.7 Å². The average molecular weight is 1440 g/mol. The number of aromatic nitrogens is 4. The molecule has 1 N–H and O–H groups in total. The van der Waals surface area contributed by atoms with Crippen LogP contribution in [0.15, 0.2) is 21.7 Å². The number of ether oxygens (including phenoxy) is 4. The first kappa shape index (κ1) is 92.6. The monoisotopic (exact) mass is 1440 g/mol. The predicted molar refractivity (Wildman–Crippen MR) is 429 cm³/mol. The third-order valence-corrected chi connectivity index (χ3v) is 21.6. The average Bonchev–Trinajstić information content (AvgIpc) is 0.749. The molecule has 3 atom stereocenters. The molecule has 2 heterocycles. The van der Waals surface area contributed by atoms with Gasteiger partial charge >= 0.3 is 29.6 Å². The summed E-state index contributed by atoms with van der Waals surface area (Å²) in [6.45, 7) is 12.2. The highest BCUT2D eigenvalue weighted by atomic mass is 16.6. The van der Waals surface area contributed by atoms with Gasteiger partial charge in [-0.1, -0.05) is 393 Å². The number of nitrogens with zero attached hydrogens (tertiary/aromatic N) is 3. The maximum atomic E-state index is 14.7. The summed E-state index contributed by atoms with van der Waals surface area (Å²) in [6.07, 6.45) is 67.2. The first-order valence-corrected chi connectivity index (χ1v) is 44.1. The van der Waals surface area contributed by atoms with E-state index in [1.54, 1.807) is 10.6 Å².